The molecule has 1 aromatic rings. The van der Waals surface area contributed by atoms with E-state index in [9.17, 15) is 8.42 Å². The lowest BCUT2D eigenvalue weighted by molar-refractivity contribution is 0.397. The molecule has 0 bridgehead atoms. The first kappa shape index (κ1) is 17.6. The zero-order chi connectivity index (χ0) is 15.5. The van der Waals surface area contributed by atoms with Crippen LogP contribution in [-0.2, 0) is 10.0 Å². The number of halogens is 1. The average molecular weight is 363 g/mol. The third kappa shape index (κ3) is 4.28. The monoisotopic (exact) mass is 362 g/mol. The lowest BCUT2D eigenvalue weighted by Crippen LogP contribution is -2.34. The summed E-state index contributed by atoms with van der Waals surface area (Å²) in [6.45, 7) is 6.30. The van der Waals surface area contributed by atoms with Crippen molar-refractivity contribution in [3.05, 3.63) is 28.2 Å². The van der Waals surface area contributed by atoms with E-state index >= 15 is 0 Å². The molecule has 4 nitrogen and oxygen atoms in total. The molecule has 0 saturated carbocycles. The maximum absolute atomic E-state index is 12.5. The summed E-state index contributed by atoms with van der Waals surface area (Å²) < 4.78 is 27.3. The Hall–Kier alpha value is -0.430. The van der Waals surface area contributed by atoms with Gasteiger partial charge in [0.1, 0.15) is 0 Å². The van der Waals surface area contributed by atoms with E-state index in [1.807, 2.05) is 13.8 Å². The van der Waals surface area contributed by atoms with Gasteiger partial charge in [-0.3, -0.25) is 0 Å². The minimum atomic E-state index is -3.45. The Morgan fingerprint density at radius 2 is 1.95 bits per heavy atom. The van der Waals surface area contributed by atoms with Crippen LogP contribution in [0, 0.1) is 12.8 Å². The van der Waals surface area contributed by atoms with Crippen molar-refractivity contribution in [2.75, 3.05) is 13.6 Å². The smallest absolute Gasteiger partial charge is 0.243 e. The second kappa shape index (κ2) is 7.02. The first-order chi connectivity index (χ1) is 9.16. The number of sulfonamides is 1. The largest absolute Gasteiger partial charge is 0.327 e. The first-order valence-electron chi connectivity index (χ1n) is 6.64. The molecular weight excluding hydrogens is 340 g/mol. The summed E-state index contributed by atoms with van der Waals surface area (Å²) in [5.41, 5.74) is 6.70. The van der Waals surface area contributed by atoms with Gasteiger partial charge >= 0.3 is 0 Å². The molecule has 0 amide bonds. The van der Waals surface area contributed by atoms with E-state index in [0.29, 0.717) is 23.8 Å². The molecule has 0 aliphatic rings. The number of rotatable bonds is 6. The van der Waals surface area contributed by atoms with Crippen molar-refractivity contribution in [2.45, 2.75) is 38.1 Å². The van der Waals surface area contributed by atoms with Gasteiger partial charge in [0, 0.05) is 24.1 Å². The molecule has 1 aromatic carbocycles. The molecule has 1 rings (SSSR count). The topological polar surface area (TPSA) is 63.4 Å². The van der Waals surface area contributed by atoms with Crippen molar-refractivity contribution in [1.82, 2.24) is 4.31 Å². The van der Waals surface area contributed by atoms with Crippen LogP contribution in [0.2, 0.25) is 0 Å². The summed E-state index contributed by atoms with van der Waals surface area (Å²) in [5.74, 6) is 0.348. The predicted octanol–water partition coefficient (Wildman–Crippen LogP) is 2.75. The molecule has 1 atom stereocenters. The zero-order valence-corrected chi connectivity index (χ0v) is 14.8. The van der Waals surface area contributed by atoms with Crippen molar-refractivity contribution in [2.24, 2.45) is 11.7 Å². The summed E-state index contributed by atoms with van der Waals surface area (Å²) in [6.07, 6.45) is 0.656. The standard InChI is InChI=1S/C14H23BrN2O2S/c1-10(2)13(16)7-8-17(4)20(18,19)14-6-5-12(15)9-11(14)3/h5-6,9-10,13H,7-8,16H2,1-4H3. The molecular formula is C14H23BrN2O2S. The van der Waals surface area contributed by atoms with Crippen LogP contribution in [0.1, 0.15) is 25.8 Å². The Kier molecular flexibility index (Phi) is 6.19. The van der Waals surface area contributed by atoms with Gasteiger partial charge in [0.05, 0.1) is 4.90 Å². The normalized spacial score (nSPS) is 14.0. The van der Waals surface area contributed by atoms with Crippen LogP contribution in [-0.4, -0.2) is 32.4 Å². The molecule has 0 aliphatic carbocycles. The zero-order valence-electron chi connectivity index (χ0n) is 12.4. The summed E-state index contributed by atoms with van der Waals surface area (Å²) >= 11 is 3.34. The van der Waals surface area contributed by atoms with Crippen molar-refractivity contribution in [3.8, 4) is 0 Å². The van der Waals surface area contributed by atoms with E-state index < -0.39 is 10.0 Å². The quantitative estimate of drug-likeness (QED) is 0.845. The van der Waals surface area contributed by atoms with Crippen LogP contribution in [0.4, 0.5) is 0 Å². The molecule has 1 unspecified atom stereocenters. The average Bonchev–Trinajstić information content (AvgIpc) is 2.34. The number of nitrogens with zero attached hydrogens (tertiary/aromatic N) is 1. The van der Waals surface area contributed by atoms with E-state index in [0.717, 1.165) is 10.0 Å². The molecule has 0 spiro atoms. The van der Waals surface area contributed by atoms with E-state index in [4.69, 9.17) is 5.73 Å². The minimum absolute atomic E-state index is 0.0127. The molecule has 0 heterocycles. The lowest BCUT2D eigenvalue weighted by atomic mass is 10.0. The van der Waals surface area contributed by atoms with Crippen molar-refractivity contribution in [3.63, 3.8) is 0 Å². The maximum atomic E-state index is 12.5. The van der Waals surface area contributed by atoms with Crippen molar-refractivity contribution in [1.29, 1.82) is 0 Å². The third-order valence-electron chi connectivity index (χ3n) is 3.46. The highest BCUT2D eigenvalue weighted by molar-refractivity contribution is 9.10. The van der Waals surface area contributed by atoms with Gasteiger partial charge in [0.2, 0.25) is 10.0 Å². The van der Waals surface area contributed by atoms with Crippen molar-refractivity contribution < 1.29 is 8.42 Å². The minimum Gasteiger partial charge on any atom is -0.327 e. The van der Waals surface area contributed by atoms with E-state index in [2.05, 4.69) is 15.9 Å². The highest BCUT2D eigenvalue weighted by atomic mass is 79.9. The van der Waals surface area contributed by atoms with Crippen LogP contribution >= 0.6 is 15.9 Å². The fourth-order valence-electron chi connectivity index (χ4n) is 1.85. The number of aryl methyl sites for hydroxylation is 1. The molecule has 6 heteroatoms. The summed E-state index contributed by atoms with van der Waals surface area (Å²) in [7, 11) is -1.85. The van der Waals surface area contributed by atoms with Gasteiger partial charge in [-0.1, -0.05) is 29.8 Å². The molecule has 20 heavy (non-hydrogen) atoms. The summed E-state index contributed by atoms with van der Waals surface area (Å²) in [6, 6.07) is 5.19. The Morgan fingerprint density at radius 3 is 2.45 bits per heavy atom. The van der Waals surface area contributed by atoms with Crippen LogP contribution in [0.25, 0.3) is 0 Å². The van der Waals surface area contributed by atoms with Crippen LogP contribution in [0.15, 0.2) is 27.6 Å². The van der Waals surface area contributed by atoms with E-state index in [1.165, 1.54) is 4.31 Å². The highest BCUT2D eigenvalue weighted by Crippen LogP contribution is 2.23. The molecule has 0 aromatic heterocycles. The van der Waals surface area contributed by atoms with Crippen LogP contribution in [0.3, 0.4) is 0 Å². The van der Waals surface area contributed by atoms with Gasteiger partial charge in [-0.05, 0) is 43.0 Å². The molecule has 114 valence electrons. The molecule has 0 saturated heterocycles. The Morgan fingerprint density at radius 1 is 1.35 bits per heavy atom. The highest BCUT2D eigenvalue weighted by Gasteiger charge is 2.23. The van der Waals surface area contributed by atoms with Gasteiger partial charge in [-0.15, -0.1) is 0 Å². The maximum Gasteiger partial charge on any atom is 0.243 e. The second-order valence-electron chi connectivity index (χ2n) is 5.43. The number of benzene rings is 1. The SMILES string of the molecule is Cc1cc(Br)ccc1S(=O)(=O)N(C)CCC(N)C(C)C. The summed E-state index contributed by atoms with van der Waals surface area (Å²) in [5, 5.41) is 0. The Bertz CT molecular complexity index is 558. The summed E-state index contributed by atoms with van der Waals surface area (Å²) in [4.78, 5) is 0.348. The van der Waals surface area contributed by atoms with Gasteiger partial charge in [0.15, 0.2) is 0 Å². The van der Waals surface area contributed by atoms with Gasteiger partial charge < -0.3 is 5.73 Å². The predicted molar refractivity (Wildman–Crippen MR) is 86.1 cm³/mol. The molecule has 0 radical (unpaired) electrons. The fourth-order valence-corrected chi connectivity index (χ4v) is 3.72. The Balaban J connectivity index is 2.87. The number of nitrogens with two attached hydrogens (primary N) is 1. The first-order valence-corrected chi connectivity index (χ1v) is 8.87. The Labute approximate surface area is 130 Å². The van der Waals surface area contributed by atoms with Gasteiger partial charge in [-0.25, -0.2) is 12.7 Å². The van der Waals surface area contributed by atoms with E-state index in [1.54, 1.807) is 32.2 Å². The number of hydrogen-bond donors (Lipinski definition) is 1. The fraction of sp³-hybridized carbons (Fsp3) is 0.571. The van der Waals surface area contributed by atoms with E-state index in [-0.39, 0.29) is 6.04 Å². The molecule has 2 N–H and O–H groups in total. The van der Waals surface area contributed by atoms with Gasteiger partial charge in [0.25, 0.3) is 0 Å². The van der Waals surface area contributed by atoms with Crippen LogP contribution in [0.5, 0.6) is 0 Å². The third-order valence-corrected chi connectivity index (χ3v) is 5.97. The number of hydrogen-bond acceptors (Lipinski definition) is 3. The second-order valence-corrected chi connectivity index (χ2v) is 8.36. The van der Waals surface area contributed by atoms with Gasteiger partial charge in [-0.2, -0.15) is 0 Å². The molecule has 0 aliphatic heterocycles. The lowest BCUT2D eigenvalue weighted by Gasteiger charge is -2.22. The van der Waals surface area contributed by atoms with Crippen LogP contribution < -0.4 is 5.73 Å². The molecule has 0 fully saturated rings. The van der Waals surface area contributed by atoms with Crippen molar-refractivity contribution >= 4 is 26.0 Å².